The highest BCUT2D eigenvalue weighted by atomic mass is 16.3. The summed E-state index contributed by atoms with van der Waals surface area (Å²) in [5, 5.41) is 9.84. The highest BCUT2D eigenvalue weighted by molar-refractivity contribution is 5.56. The van der Waals surface area contributed by atoms with Crippen LogP contribution in [0.2, 0.25) is 0 Å². The lowest BCUT2D eigenvalue weighted by Gasteiger charge is -2.40. The number of aryl methyl sites for hydroxylation is 2. The van der Waals surface area contributed by atoms with E-state index in [0.717, 1.165) is 30.8 Å². The SMILES string of the molecule is CCC1CN(c2cc(C)c(O)c(C)c2)CCN1C. The molecule has 1 unspecified atom stereocenters. The van der Waals surface area contributed by atoms with Crippen LogP contribution < -0.4 is 4.90 Å². The molecule has 1 aromatic rings. The van der Waals surface area contributed by atoms with E-state index in [4.69, 9.17) is 0 Å². The number of aromatic hydroxyl groups is 1. The van der Waals surface area contributed by atoms with Crippen LogP contribution in [0.3, 0.4) is 0 Å². The largest absolute Gasteiger partial charge is 0.507 e. The van der Waals surface area contributed by atoms with Crippen molar-refractivity contribution in [3.05, 3.63) is 23.3 Å². The van der Waals surface area contributed by atoms with E-state index in [1.54, 1.807) is 0 Å². The Kier molecular flexibility index (Phi) is 3.81. The molecule has 1 heterocycles. The molecule has 18 heavy (non-hydrogen) atoms. The number of hydrogen-bond donors (Lipinski definition) is 1. The van der Waals surface area contributed by atoms with Gasteiger partial charge >= 0.3 is 0 Å². The quantitative estimate of drug-likeness (QED) is 0.871. The van der Waals surface area contributed by atoms with E-state index in [-0.39, 0.29) is 0 Å². The van der Waals surface area contributed by atoms with Crippen molar-refractivity contribution in [3.8, 4) is 5.75 Å². The molecule has 0 aromatic heterocycles. The van der Waals surface area contributed by atoms with Gasteiger partial charge in [-0.15, -0.1) is 0 Å². The van der Waals surface area contributed by atoms with E-state index in [1.165, 1.54) is 12.1 Å². The molecular formula is C15H24N2O. The molecule has 1 fully saturated rings. The number of hydrogen-bond acceptors (Lipinski definition) is 3. The molecule has 1 aromatic carbocycles. The van der Waals surface area contributed by atoms with Gasteiger partial charge in [0.1, 0.15) is 5.75 Å². The topological polar surface area (TPSA) is 26.7 Å². The third-order valence-corrected chi connectivity index (χ3v) is 4.09. The number of rotatable bonds is 2. The maximum atomic E-state index is 9.84. The zero-order valence-corrected chi connectivity index (χ0v) is 11.9. The molecule has 0 radical (unpaired) electrons. The maximum Gasteiger partial charge on any atom is 0.121 e. The van der Waals surface area contributed by atoms with Crippen molar-refractivity contribution in [2.24, 2.45) is 0 Å². The van der Waals surface area contributed by atoms with E-state index in [0.29, 0.717) is 11.8 Å². The Morgan fingerprint density at radius 1 is 1.22 bits per heavy atom. The van der Waals surface area contributed by atoms with Crippen LogP contribution in [0.5, 0.6) is 5.75 Å². The van der Waals surface area contributed by atoms with Gasteiger partial charge in [0.15, 0.2) is 0 Å². The number of likely N-dealkylation sites (N-methyl/N-ethyl adjacent to an activating group) is 1. The molecule has 0 aliphatic carbocycles. The summed E-state index contributed by atoms with van der Waals surface area (Å²) in [6, 6.07) is 4.83. The number of anilines is 1. The molecule has 3 nitrogen and oxygen atoms in total. The van der Waals surface area contributed by atoms with E-state index in [2.05, 4.69) is 35.9 Å². The highest BCUT2D eigenvalue weighted by Gasteiger charge is 2.23. The smallest absolute Gasteiger partial charge is 0.121 e. The van der Waals surface area contributed by atoms with E-state index in [1.807, 2.05) is 13.8 Å². The van der Waals surface area contributed by atoms with E-state index >= 15 is 0 Å². The predicted molar refractivity (Wildman–Crippen MR) is 76.5 cm³/mol. The van der Waals surface area contributed by atoms with Crippen molar-refractivity contribution < 1.29 is 5.11 Å². The van der Waals surface area contributed by atoms with Gasteiger partial charge in [0, 0.05) is 31.4 Å². The first kappa shape index (κ1) is 13.2. The first-order chi connectivity index (χ1) is 8.52. The Balaban J connectivity index is 2.22. The van der Waals surface area contributed by atoms with Gasteiger partial charge in [-0.3, -0.25) is 4.90 Å². The summed E-state index contributed by atoms with van der Waals surface area (Å²) in [6.07, 6.45) is 1.18. The molecule has 1 aliphatic rings. The Labute approximate surface area is 110 Å². The van der Waals surface area contributed by atoms with Crippen molar-refractivity contribution in [3.63, 3.8) is 0 Å². The number of phenols is 1. The molecule has 100 valence electrons. The van der Waals surface area contributed by atoms with Crippen LogP contribution >= 0.6 is 0 Å². The fourth-order valence-corrected chi connectivity index (χ4v) is 2.74. The molecule has 1 N–H and O–H groups in total. The van der Waals surface area contributed by atoms with Crippen molar-refractivity contribution in [1.29, 1.82) is 0 Å². The minimum atomic E-state index is 0.430. The average Bonchev–Trinajstić information content (AvgIpc) is 2.36. The van der Waals surface area contributed by atoms with Gasteiger partial charge < -0.3 is 10.0 Å². The summed E-state index contributed by atoms with van der Waals surface area (Å²) in [5.41, 5.74) is 3.18. The van der Waals surface area contributed by atoms with Crippen molar-refractivity contribution >= 4 is 5.69 Å². The number of phenolic OH excluding ortho intramolecular Hbond substituents is 1. The van der Waals surface area contributed by atoms with Gasteiger partial charge in [-0.2, -0.15) is 0 Å². The average molecular weight is 248 g/mol. The minimum Gasteiger partial charge on any atom is -0.507 e. The van der Waals surface area contributed by atoms with E-state index in [9.17, 15) is 5.11 Å². The standard InChI is InChI=1S/C15H24N2O/c1-5-13-10-17(7-6-16(13)4)14-8-11(2)15(18)12(3)9-14/h8-9,13,18H,5-7,10H2,1-4H3. The van der Waals surface area contributed by atoms with Crippen molar-refractivity contribution in [1.82, 2.24) is 4.90 Å². The zero-order valence-electron chi connectivity index (χ0n) is 11.9. The number of nitrogens with zero attached hydrogens (tertiary/aromatic N) is 2. The van der Waals surface area contributed by atoms with Crippen LogP contribution in [0.4, 0.5) is 5.69 Å². The summed E-state index contributed by atoms with van der Waals surface area (Å²) >= 11 is 0. The molecule has 0 spiro atoms. The molecule has 2 rings (SSSR count). The molecule has 1 aliphatic heterocycles. The van der Waals surface area contributed by atoms with Crippen LogP contribution in [0.25, 0.3) is 0 Å². The zero-order chi connectivity index (χ0) is 13.3. The lowest BCUT2D eigenvalue weighted by molar-refractivity contribution is 0.213. The molecule has 3 heteroatoms. The monoisotopic (exact) mass is 248 g/mol. The molecular weight excluding hydrogens is 224 g/mol. The first-order valence-electron chi connectivity index (χ1n) is 6.78. The number of piperazine rings is 1. The van der Waals surface area contributed by atoms with Gasteiger partial charge in [0.2, 0.25) is 0 Å². The minimum absolute atomic E-state index is 0.430. The lowest BCUT2D eigenvalue weighted by Crippen LogP contribution is -2.51. The van der Waals surface area contributed by atoms with Crippen LogP contribution in [-0.2, 0) is 0 Å². The Morgan fingerprint density at radius 2 is 1.83 bits per heavy atom. The van der Waals surface area contributed by atoms with Gasteiger partial charge in [-0.1, -0.05) is 6.92 Å². The molecule has 1 atom stereocenters. The third kappa shape index (κ3) is 2.46. The fourth-order valence-electron chi connectivity index (χ4n) is 2.74. The Bertz CT molecular complexity index is 407. The maximum absolute atomic E-state index is 9.84. The Morgan fingerprint density at radius 3 is 2.39 bits per heavy atom. The summed E-state index contributed by atoms with van der Waals surface area (Å²) in [5.74, 6) is 0.430. The van der Waals surface area contributed by atoms with Crippen LogP contribution in [0, 0.1) is 13.8 Å². The second-order valence-corrected chi connectivity index (χ2v) is 5.42. The van der Waals surface area contributed by atoms with Crippen LogP contribution in [0.1, 0.15) is 24.5 Å². The Hall–Kier alpha value is -1.22. The van der Waals surface area contributed by atoms with Gasteiger partial charge in [-0.25, -0.2) is 0 Å². The second-order valence-electron chi connectivity index (χ2n) is 5.42. The summed E-state index contributed by atoms with van der Waals surface area (Å²) in [6.45, 7) is 9.45. The van der Waals surface area contributed by atoms with Crippen molar-refractivity contribution in [2.75, 3.05) is 31.6 Å². The molecule has 0 saturated carbocycles. The lowest BCUT2D eigenvalue weighted by atomic mass is 10.1. The van der Waals surface area contributed by atoms with Crippen LogP contribution in [-0.4, -0.2) is 42.7 Å². The summed E-state index contributed by atoms with van der Waals surface area (Å²) in [4.78, 5) is 4.88. The first-order valence-corrected chi connectivity index (χ1v) is 6.78. The fraction of sp³-hybridized carbons (Fsp3) is 0.600. The third-order valence-electron chi connectivity index (χ3n) is 4.09. The molecule has 1 saturated heterocycles. The van der Waals surface area contributed by atoms with Crippen LogP contribution in [0.15, 0.2) is 12.1 Å². The second kappa shape index (κ2) is 5.19. The summed E-state index contributed by atoms with van der Waals surface area (Å²) in [7, 11) is 2.21. The van der Waals surface area contributed by atoms with E-state index < -0.39 is 0 Å². The normalized spacial score (nSPS) is 21.3. The van der Waals surface area contributed by atoms with Gasteiger partial charge in [-0.05, 0) is 50.6 Å². The molecule has 0 bridgehead atoms. The van der Waals surface area contributed by atoms with Gasteiger partial charge in [0.25, 0.3) is 0 Å². The predicted octanol–water partition coefficient (Wildman–Crippen LogP) is 2.54. The number of benzene rings is 1. The van der Waals surface area contributed by atoms with Crippen molar-refractivity contribution in [2.45, 2.75) is 33.2 Å². The highest BCUT2D eigenvalue weighted by Crippen LogP contribution is 2.29. The van der Waals surface area contributed by atoms with Gasteiger partial charge in [0.05, 0.1) is 0 Å². The molecule has 0 amide bonds. The summed E-state index contributed by atoms with van der Waals surface area (Å²) < 4.78 is 0.